The molecule has 3 aliphatic carbocycles. The van der Waals surface area contributed by atoms with Gasteiger partial charge in [0.05, 0.1) is 10.6 Å². The molecular formula is C37H53N9O6S. The Morgan fingerprint density at radius 2 is 1.77 bits per heavy atom. The number of hydrogen-bond donors (Lipinski definition) is 5. The van der Waals surface area contributed by atoms with E-state index >= 15 is 0 Å². The van der Waals surface area contributed by atoms with Gasteiger partial charge in [0.15, 0.2) is 0 Å². The lowest BCUT2D eigenvalue weighted by Crippen LogP contribution is -2.54. The van der Waals surface area contributed by atoms with Crippen molar-refractivity contribution in [2.75, 3.05) is 6.54 Å². The molecule has 15 nitrogen and oxygen atoms in total. The number of nitrogens with one attached hydrogen (secondary N) is 4. The average Bonchev–Trinajstić information content (AvgIpc) is 3.81. The molecule has 3 fully saturated rings. The molecule has 0 radical (unpaired) electrons. The zero-order valence-corrected chi connectivity index (χ0v) is 31.4. The number of amides is 4. The highest BCUT2D eigenvalue weighted by Crippen LogP contribution is 2.40. The highest BCUT2D eigenvalue weighted by molar-refractivity contribution is 7.90. The van der Waals surface area contributed by atoms with Crippen LogP contribution in [0.5, 0.6) is 0 Å². The Morgan fingerprint density at radius 3 is 2.49 bits per heavy atom. The number of hydrogen-bond acceptors (Lipinski definition) is 9. The van der Waals surface area contributed by atoms with Crippen molar-refractivity contribution < 1.29 is 27.6 Å². The van der Waals surface area contributed by atoms with Crippen LogP contribution in [0.2, 0.25) is 0 Å². The van der Waals surface area contributed by atoms with Crippen LogP contribution in [0.15, 0.2) is 40.4 Å². The Kier molecular flexibility index (Phi) is 12.1. The van der Waals surface area contributed by atoms with Crippen LogP contribution in [0.4, 0.5) is 0 Å². The zero-order valence-electron chi connectivity index (χ0n) is 30.6. The molecule has 6 rings (SSSR count). The second-order valence-corrected chi connectivity index (χ2v) is 17.0. The fourth-order valence-electron chi connectivity index (χ4n) is 7.89. The van der Waals surface area contributed by atoms with Crippen molar-refractivity contribution in [2.24, 2.45) is 34.4 Å². The molecule has 2 heterocycles. The van der Waals surface area contributed by atoms with Crippen LogP contribution in [-0.4, -0.2) is 77.5 Å². The quantitative estimate of drug-likeness (QED) is 0.181. The van der Waals surface area contributed by atoms with Gasteiger partial charge in [-0.2, -0.15) is 0 Å². The lowest BCUT2D eigenvalue weighted by molar-refractivity contribution is -0.132. The largest absolute Gasteiger partial charge is 0.368 e. The number of sulfonamides is 1. The summed E-state index contributed by atoms with van der Waals surface area (Å²) in [6.45, 7) is 3.44. The number of carbonyl (C=O) groups excluding carboxylic acids is 4. The molecule has 4 aliphatic rings. The molecule has 0 bridgehead atoms. The topological polar surface area (TPSA) is 220 Å². The number of aliphatic imine (C=N–C) groups is 1. The summed E-state index contributed by atoms with van der Waals surface area (Å²) in [7, 11) is -3.80. The Labute approximate surface area is 311 Å². The normalized spacial score (nSPS) is 24.2. The van der Waals surface area contributed by atoms with E-state index in [-0.39, 0.29) is 47.0 Å². The van der Waals surface area contributed by atoms with E-state index in [2.05, 4.69) is 36.0 Å². The number of nitrogens with zero attached hydrogens (tertiary/aromatic N) is 4. The summed E-state index contributed by atoms with van der Waals surface area (Å²) in [6.07, 6.45) is 14.0. The SMILES string of the molecule is CCC(C)C(N=C1NS(=O)(=O)c2ccccc21)C(=O)NC[C@@H](NC(=O)C1CCCC(NC(=O)C(C2CC2)n2cc(CC3CCCCC3)nn2)C1)C(N)=O. The fraction of sp³-hybridized carbons (Fsp3) is 0.649. The molecular weight excluding hydrogens is 699 g/mol. The summed E-state index contributed by atoms with van der Waals surface area (Å²) in [5.41, 5.74) is 6.97. The standard InChI is InChI=1S/C37H53N9O6S/c1-3-22(2)31(42-34-28-14-7-8-15-30(28)53(51,52)44-34)36(49)39-20-29(33(38)47)41-35(48)25-12-9-13-26(19-25)40-37(50)32(24-16-17-24)46-21-27(43-45-46)18-23-10-5-4-6-11-23/h7-8,14-15,21-26,29,31-32H,3-6,9-13,16-20H2,1-2H3,(H2,38,47)(H,39,49)(H,40,50)(H,41,48)(H,42,44)/t22?,25?,26?,29-,31?,32?/m1/s1. The molecule has 3 saturated carbocycles. The average molecular weight is 752 g/mol. The van der Waals surface area contributed by atoms with Gasteiger partial charge in [-0.05, 0) is 68.4 Å². The maximum Gasteiger partial charge on any atom is 0.263 e. The predicted octanol–water partition coefficient (Wildman–Crippen LogP) is 2.27. The molecule has 288 valence electrons. The maximum absolute atomic E-state index is 13.7. The van der Waals surface area contributed by atoms with Gasteiger partial charge >= 0.3 is 0 Å². The molecule has 0 spiro atoms. The number of rotatable bonds is 15. The third kappa shape index (κ3) is 9.43. The molecule has 1 aromatic carbocycles. The van der Waals surface area contributed by atoms with Gasteiger partial charge in [-0.3, -0.25) is 28.9 Å². The maximum atomic E-state index is 13.7. The molecule has 6 atom stereocenters. The van der Waals surface area contributed by atoms with Crippen LogP contribution < -0.4 is 26.4 Å². The summed E-state index contributed by atoms with van der Waals surface area (Å²) in [4.78, 5) is 57.6. The van der Waals surface area contributed by atoms with Gasteiger partial charge < -0.3 is 21.7 Å². The molecule has 5 unspecified atom stereocenters. The first-order chi connectivity index (χ1) is 25.4. The summed E-state index contributed by atoms with van der Waals surface area (Å²) in [5, 5.41) is 17.4. The molecule has 16 heteroatoms. The summed E-state index contributed by atoms with van der Waals surface area (Å²) in [5.74, 6) is -1.67. The number of fused-ring (bicyclic) bond motifs is 1. The summed E-state index contributed by atoms with van der Waals surface area (Å²) >= 11 is 0. The van der Waals surface area contributed by atoms with Crippen molar-refractivity contribution in [3.63, 3.8) is 0 Å². The number of amidine groups is 1. The van der Waals surface area contributed by atoms with Crippen LogP contribution in [0.25, 0.3) is 0 Å². The third-order valence-corrected chi connectivity index (χ3v) is 12.7. The van der Waals surface area contributed by atoms with Gasteiger partial charge in [-0.1, -0.05) is 76.1 Å². The molecule has 6 N–H and O–H groups in total. The molecule has 4 amide bonds. The minimum atomic E-state index is -3.80. The van der Waals surface area contributed by atoms with Gasteiger partial charge in [0, 0.05) is 30.3 Å². The lowest BCUT2D eigenvalue weighted by atomic mass is 9.84. The van der Waals surface area contributed by atoms with Crippen molar-refractivity contribution in [3.8, 4) is 0 Å². The Bertz CT molecular complexity index is 1800. The van der Waals surface area contributed by atoms with Crippen molar-refractivity contribution in [3.05, 3.63) is 41.7 Å². The monoisotopic (exact) mass is 751 g/mol. The first-order valence-corrected chi connectivity index (χ1v) is 20.7. The molecule has 53 heavy (non-hydrogen) atoms. The fourth-order valence-corrected chi connectivity index (χ4v) is 9.13. The van der Waals surface area contributed by atoms with Crippen LogP contribution >= 0.6 is 0 Å². The Hall–Kier alpha value is -4.34. The van der Waals surface area contributed by atoms with Crippen LogP contribution in [-0.2, 0) is 35.6 Å². The van der Waals surface area contributed by atoms with Crippen molar-refractivity contribution in [1.29, 1.82) is 0 Å². The summed E-state index contributed by atoms with van der Waals surface area (Å²) in [6, 6.07) is 3.56. The smallest absolute Gasteiger partial charge is 0.263 e. The van der Waals surface area contributed by atoms with E-state index in [1.54, 1.807) is 22.9 Å². The van der Waals surface area contributed by atoms with E-state index < -0.39 is 45.9 Å². The lowest BCUT2D eigenvalue weighted by Gasteiger charge is -2.31. The van der Waals surface area contributed by atoms with Crippen molar-refractivity contribution in [1.82, 2.24) is 35.7 Å². The van der Waals surface area contributed by atoms with E-state index in [1.807, 2.05) is 20.0 Å². The van der Waals surface area contributed by atoms with Gasteiger partial charge in [0.2, 0.25) is 23.6 Å². The third-order valence-electron chi connectivity index (χ3n) is 11.3. The minimum Gasteiger partial charge on any atom is -0.368 e. The zero-order chi connectivity index (χ0) is 37.7. The molecule has 1 aromatic heterocycles. The minimum absolute atomic E-state index is 0.0731. The number of carbonyl (C=O) groups is 4. The Morgan fingerprint density at radius 1 is 1.02 bits per heavy atom. The Balaban J connectivity index is 1.04. The molecule has 1 aliphatic heterocycles. The van der Waals surface area contributed by atoms with E-state index in [0.717, 1.165) is 31.4 Å². The van der Waals surface area contributed by atoms with Gasteiger partial charge in [-0.15, -0.1) is 5.10 Å². The second kappa shape index (κ2) is 16.8. The van der Waals surface area contributed by atoms with Gasteiger partial charge in [0.1, 0.15) is 24.0 Å². The van der Waals surface area contributed by atoms with Crippen LogP contribution in [0.1, 0.15) is 108 Å². The highest BCUT2D eigenvalue weighted by Gasteiger charge is 2.40. The van der Waals surface area contributed by atoms with Gasteiger partial charge in [-0.25, -0.2) is 13.1 Å². The first-order valence-electron chi connectivity index (χ1n) is 19.2. The van der Waals surface area contributed by atoms with Crippen LogP contribution in [0.3, 0.4) is 0 Å². The van der Waals surface area contributed by atoms with E-state index in [4.69, 9.17) is 5.73 Å². The number of aromatic nitrogens is 3. The van der Waals surface area contributed by atoms with E-state index in [9.17, 15) is 27.6 Å². The van der Waals surface area contributed by atoms with Crippen LogP contribution in [0, 0.1) is 23.7 Å². The van der Waals surface area contributed by atoms with E-state index in [0.29, 0.717) is 37.2 Å². The highest BCUT2D eigenvalue weighted by atomic mass is 32.2. The second-order valence-electron chi connectivity index (χ2n) is 15.4. The summed E-state index contributed by atoms with van der Waals surface area (Å²) < 4.78 is 29.4. The first kappa shape index (κ1) is 38.4. The number of nitrogens with two attached hydrogens (primary N) is 1. The number of benzene rings is 1. The molecule has 0 saturated heterocycles. The van der Waals surface area contributed by atoms with Crippen molar-refractivity contribution in [2.45, 2.75) is 126 Å². The van der Waals surface area contributed by atoms with Gasteiger partial charge in [0.25, 0.3) is 10.0 Å². The number of primary amides is 1. The predicted molar refractivity (Wildman–Crippen MR) is 197 cm³/mol. The van der Waals surface area contributed by atoms with E-state index in [1.165, 1.54) is 38.2 Å². The molecule has 2 aromatic rings. The van der Waals surface area contributed by atoms with Crippen molar-refractivity contribution >= 4 is 39.5 Å².